The van der Waals surface area contributed by atoms with Gasteiger partial charge in [-0.1, -0.05) is 6.92 Å². The average Bonchev–Trinajstić information content (AvgIpc) is 2.56. The number of carbonyl (C=O) groups is 1. The van der Waals surface area contributed by atoms with Gasteiger partial charge < -0.3 is 4.90 Å². The van der Waals surface area contributed by atoms with Gasteiger partial charge >= 0.3 is 0 Å². The lowest BCUT2D eigenvalue weighted by atomic mass is 10.3. The lowest BCUT2D eigenvalue weighted by molar-refractivity contribution is 0.0765. The van der Waals surface area contributed by atoms with Crippen LogP contribution in [-0.4, -0.2) is 33.7 Å². The zero-order chi connectivity index (χ0) is 12.1. The summed E-state index contributed by atoms with van der Waals surface area (Å²) in [6, 6.07) is 3.74. The van der Waals surface area contributed by atoms with Crippen molar-refractivity contribution in [2.75, 3.05) is 13.1 Å². The van der Waals surface area contributed by atoms with E-state index in [-0.39, 0.29) is 12.5 Å². The first-order valence-corrected chi connectivity index (χ1v) is 5.27. The molecule has 0 radical (unpaired) electrons. The van der Waals surface area contributed by atoms with Gasteiger partial charge in [-0.05, 0) is 19.4 Å². The molecule has 0 N–H and O–H groups in total. The molecular weight excluding hydrogens is 204 g/mol. The van der Waals surface area contributed by atoms with Gasteiger partial charge in [-0.15, -0.1) is 0 Å². The topological polar surface area (TPSA) is 61.9 Å². The summed E-state index contributed by atoms with van der Waals surface area (Å²) in [4.78, 5) is 13.6. The Morgan fingerprint density at radius 1 is 1.69 bits per heavy atom. The van der Waals surface area contributed by atoms with Crippen LogP contribution in [0.2, 0.25) is 0 Å². The molecule has 0 spiro atoms. The maximum Gasteiger partial charge on any atom is 0.272 e. The maximum atomic E-state index is 12.1. The van der Waals surface area contributed by atoms with E-state index < -0.39 is 0 Å². The second-order valence-corrected chi connectivity index (χ2v) is 3.68. The van der Waals surface area contributed by atoms with Crippen LogP contribution < -0.4 is 0 Å². The third kappa shape index (κ3) is 2.60. The SMILES string of the molecule is CCCN(CC#N)C(=O)c1cc(C)nn1C. The summed E-state index contributed by atoms with van der Waals surface area (Å²) in [6.45, 7) is 4.53. The molecule has 1 aromatic heterocycles. The number of nitriles is 1. The van der Waals surface area contributed by atoms with Crippen LogP contribution >= 0.6 is 0 Å². The van der Waals surface area contributed by atoms with Gasteiger partial charge in [0, 0.05) is 13.6 Å². The molecule has 0 aliphatic heterocycles. The van der Waals surface area contributed by atoms with E-state index in [9.17, 15) is 4.79 Å². The molecular formula is C11H16N4O. The highest BCUT2D eigenvalue weighted by Crippen LogP contribution is 2.06. The molecule has 1 aromatic rings. The predicted molar refractivity (Wildman–Crippen MR) is 59.8 cm³/mol. The van der Waals surface area contributed by atoms with Gasteiger partial charge in [-0.25, -0.2) is 0 Å². The van der Waals surface area contributed by atoms with Gasteiger partial charge in [0.05, 0.1) is 11.8 Å². The first-order valence-electron chi connectivity index (χ1n) is 5.27. The third-order valence-electron chi connectivity index (χ3n) is 2.26. The normalized spacial score (nSPS) is 9.88. The lowest BCUT2D eigenvalue weighted by Gasteiger charge is -2.18. The number of amides is 1. The fraction of sp³-hybridized carbons (Fsp3) is 0.545. The maximum absolute atomic E-state index is 12.1. The molecule has 0 bridgehead atoms. The van der Waals surface area contributed by atoms with E-state index >= 15 is 0 Å². The van der Waals surface area contributed by atoms with Crippen molar-refractivity contribution < 1.29 is 4.79 Å². The van der Waals surface area contributed by atoms with Crippen molar-refractivity contribution in [2.24, 2.45) is 7.05 Å². The highest BCUT2D eigenvalue weighted by Gasteiger charge is 2.18. The van der Waals surface area contributed by atoms with Crippen molar-refractivity contribution in [1.29, 1.82) is 5.26 Å². The number of hydrogen-bond donors (Lipinski definition) is 0. The highest BCUT2D eigenvalue weighted by molar-refractivity contribution is 5.92. The number of hydrogen-bond acceptors (Lipinski definition) is 3. The Bertz CT molecular complexity index is 416. The minimum Gasteiger partial charge on any atom is -0.324 e. The molecule has 0 saturated heterocycles. The fourth-order valence-electron chi connectivity index (χ4n) is 1.58. The van der Waals surface area contributed by atoms with Gasteiger partial charge in [0.2, 0.25) is 0 Å². The Morgan fingerprint density at radius 3 is 2.81 bits per heavy atom. The van der Waals surface area contributed by atoms with Gasteiger partial charge in [-0.3, -0.25) is 9.48 Å². The van der Waals surface area contributed by atoms with Crippen molar-refractivity contribution >= 4 is 5.91 Å². The van der Waals surface area contributed by atoms with Gasteiger partial charge in [-0.2, -0.15) is 10.4 Å². The summed E-state index contributed by atoms with van der Waals surface area (Å²) in [5, 5.41) is 12.8. The molecule has 0 aliphatic rings. The number of aromatic nitrogens is 2. The molecule has 0 fully saturated rings. The summed E-state index contributed by atoms with van der Waals surface area (Å²) in [7, 11) is 1.73. The lowest BCUT2D eigenvalue weighted by Crippen LogP contribution is -2.33. The van der Waals surface area contributed by atoms with Crippen molar-refractivity contribution in [3.05, 3.63) is 17.5 Å². The Balaban J connectivity index is 2.90. The van der Waals surface area contributed by atoms with E-state index in [1.54, 1.807) is 17.8 Å². The summed E-state index contributed by atoms with van der Waals surface area (Å²) in [5.41, 5.74) is 1.33. The van der Waals surface area contributed by atoms with Crippen molar-refractivity contribution in [3.63, 3.8) is 0 Å². The summed E-state index contributed by atoms with van der Waals surface area (Å²) >= 11 is 0. The van der Waals surface area contributed by atoms with Crippen LogP contribution in [0.15, 0.2) is 6.07 Å². The Morgan fingerprint density at radius 2 is 2.38 bits per heavy atom. The molecule has 5 nitrogen and oxygen atoms in total. The molecule has 0 aliphatic carbocycles. The van der Waals surface area contributed by atoms with Crippen molar-refractivity contribution in [1.82, 2.24) is 14.7 Å². The Labute approximate surface area is 95.3 Å². The van der Waals surface area contributed by atoms with Crippen LogP contribution in [0.5, 0.6) is 0 Å². The number of rotatable bonds is 4. The summed E-state index contributed by atoms with van der Waals surface area (Å²) in [5.74, 6) is -0.133. The van der Waals surface area contributed by atoms with Crippen LogP contribution in [0.25, 0.3) is 0 Å². The minimum atomic E-state index is -0.133. The van der Waals surface area contributed by atoms with E-state index in [0.717, 1.165) is 12.1 Å². The number of nitrogens with zero attached hydrogens (tertiary/aromatic N) is 4. The van der Waals surface area contributed by atoms with E-state index in [1.807, 2.05) is 19.9 Å². The van der Waals surface area contributed by atoms with Gasteiger partial charge in [0.1, 0.15) is 12.2 Å². The highest BCUT2D eigenvalue weighted by atomic mass is 16.2. The fourth-order valence-corrected chi connectivity index (χ4v) is 1.58. The summed E-state index contributed by atoms with van der Waals surface area (Å²) in [6.07, 6.45) is 0.838. The van der Waals surface area contributed by atoms with Crippen LogP contribution in [0.3, 0.4) is 0 Å². The monoisotopic (exact) mass is 220 g/mol. The summed E-state index contributed by atoms with van der Waals surface area (Å²) < 4.78 is 1.55. The minimum absolute atomic E-state index is 0.122. The molecule has 0 aromatic carbocycles. The zero-order valence-corrected chi connectivity index (χ0v) is 9.90. The molecule has 5 heteroatoms. The van der Waals surface area contributed by atoms with E-state index in [0.29, 0.717) is 12.2 Å². The van der Waals surface area contributed by atoms with E-state index in [2.05, 4.69) is 5.10 Å². The molecule has 16 heavy (non-hydrogen) atoms. The van der Waals surface area contributed by atoms with E-state index in [1.165, 1.54) is 4.90 Å². The zero-order valence-electron chi connectivity index (χ0n) is 9.90. The molecule has 0 unspecified atom stereocenters. The van der Waals surface area contributed by atoms with Crippen LogP contribution in [-0.2, 0) is 7.05 Å². The second-order valence-electron chi connectivity index (χ2n) is 3.68. The number of carbonyl (C=O) groups excluding carboxylic acids is 1. The Hall–Kier alpha value is -1.83. The van der Waals surface area contributed by atoms with E-state index in [4.69, 9.17) is 5.26 Å². The van der Waals surface area contributed by atoms with Crippen molar-refractivity contribution in [3.8, 4) is 6.07 Å². The molecule has 1 amide bonds. The first kappa shape index (κ1) is 12.2. The molecule has 1 rings (SSSR count). The van der Waals surface area contributed by atoms with Crippen LogP contribution in [0.1, 0.15) is 29.5 Å². The Kier molecular flexibility index (Phi) is 4.06. The third-order valence-corrected chi connectivity index (χ3v) is 2.26. The van der Waals surface area contributed by atoms with Gasteiger partial charge in [0.25, 0.3) is 5.91 Å². The first-order chi connectivity index (χ1) is 7.60. The molecule has 86 valence electrons. The molecule has 0 saturated carbocycles. The average molecular weight is 220 g/mol. The molecule has 0 atom stereocenters. The van der Waals surface area contributed by atoms with Gasteiger partial charge in [0.15, 0.2) is 0 Å². The standard InChI is InChI=1S/C11H16N4O/c1-4-6-15(7-5-12)11(16)10-8-9(2)13-14(10)3/h8H,4,6-7H2,1-3H3. The number of aryl methyl sites for hydroxylation is 2. The largest absolute Gasteiger partial charge is 0.324 e. The smallest absolute Gasteiger partial charge is 0.272 e. The predicted octanol–water partition coefficient (Wildman–Crippen LogP) is 1.10. The van der Waals surface area contributed by atoms with Crippen molar-refractivity contribution in [2.45, 2.75) is 20.3 Å². The second kappa shape index (κ2) is 5.31. The van der Waals surface area contributed by atoms with Crippen LogP contribution in [0.4, 0.5) is 0 Å². The van der Waals surface area contributed by atoms with Crippen LogP contribution in [0, 0.1) is 18.3 Å². The molecule has 1 heterocycles. The quantitative estimate of drug-likeness (QED) is 0.714.